The zero-order valence-electron chi connectivity index (χ0n) is 19.9. The van der Waals surface area contributed by atoms with Crippen LogP contribution < -0.4 is 4.31 Å². The molecule has 0 N–H and O–H groups in total. The Morgan fingerprint density at radius 2 is 1.22 bits per heavy atom. The van der Waals surface area contributed by atoms with Crippen LogP contribution in [0, 0.1) is 6.92 Å². The first-order chi connectivity index (χ1) is 17.3. The minimum atomic E-state index is -4.03. The summed E-state index contributed by atoms with van der Waals surface area (Å²) in [7, 11) is -4.03. The summed E-state index contributed by atoms with van der Waals surface area (Å²) in [5.74, 6) is -0.305. The predicted octanol–water partition coefficient (Wildman–Crippen LogP) is 6.07. The second-order valence-electron chi connectivity index (χ2n) is 8.52. The molecule has 0 aliphatic rings. The van der Waals surface area contributed by atoms with Gasteiger partial charge in [0.15, 0.2) is 0 Å². The Kier molecular flexibility index (Phi) is 8.08. The number of halogens is 1. The van der Waals surface area contributed by atoms with Crippen molar-refractivity contribution in [2.45, 2.75) is 24.9 Å². The Morgan fingerprint density at radius 1 is 0.722 bits per heavy atom. The van der Waals surface area contributed by atoms with Gasteiger partial charge in [-0.25, -0.2) is 8.42 Å². The molecule has 0 radical (unpaired) electrons. The monoisotopic (exact) mass is 518 g/mol. The molecular formula is C29H27ClN2O3S. The van der Waals surface area contributed by atoms with E-state index in [0.717, 1.165) is 16.7 Å². The molecule has 0 fully saturated rings. The van der Waals surface area contributed by atoms with Crippen molar-refractivity contribution in [3.8, 4) is 0 Å². The zero-order valence-corrected chi connectivity index (χ0v) is 21.5. The first-order valence-corrected chi connectivity index (χ1v) is 13.4. The summed E-state index contributed by atoms with van der Waals surface area (Å²) in [6.07, 6.45) is 0. The van der Waals surface area contributed by atoms with Gasteiger partial charge in [0.05, 0.1) is 10.6 Å². The third kappa shape index (κ3) is 6.33. The fourth-order valence-corrected chi connectivity index (χ4v) is 5.36. The number of amides is 1. The largest absolute Gasteiger partial charge is 0.332 e. The molecule has 4 aromatic carbocycles. The zero-order chi connectivity index (χ0) is 25.5. The summed E-state index contributed by atoms with van der Waals surface area (Å²) in [6.45, 7) is 2.30. The molecule has 0 aliphatic carbocycles. The van der Waals surface area contributed by atoms with E-state index in [0.29, 0.717) is 23.8 Å². The van der Waals surface area contributed by atoms with Gasteiger partial charge in [-0.3, -0.25) is 9.10 Å². The molecule has 0 saturated heterocycles. The molecule has 0 unspecified atom stereocenters. The van der Waals surface area contributed by atoms with Gasteiger partial charge >= 0.3 is 0 Å². The Bertz CT molecular complexity index is 1350. The Morgan fingerprint density at radius 3 is 1.72 bits per heavy atom. The highest BCUT2D eigenvalue weighted by Gasteiger charge is 2.29. The van der Waals surface area contributed by atoms with Crippen molar-refractivity contribution in [3.05, 3.63) is 131 Å². The van der Waals surface area contributed by atoms with Gasteiger partial charge in [0.1, 0.15) is 6.54 Å². The molecule has 4 aromatic rings. The highest BCUT2D eigenvalue weighted by atomic mass is 35.5. The molecule has 0 atom stereocenters. The lowest BCUT2D eigenvalue weighted by atomic mass is 10.1. The third-order valence-corrected chi connectivity index (χ3v) is 7.83. The smallest absolute Gasteiger partial charge is 0.264 e. The van der Waals surface area contributed by atoms with Crippen LogP contribution >= 0.6 is 11.6 Å². The van der Waals surface area contributed by atoms with E-state index in [9.17, 15) is 13.2 Å². The highest BCUT2D eigenvalue weighted by molar-refractivity contribution is 7.92. The summed E-state index contributed by atoms with van der Waals surface area (Å²) in [6, 6.07) is 32.4. The van der Waals surface area contributed by atoms with Gasteiger partial charge in [0, 0.05) is 18.1 Å². The minimum absolute atomic E-state index is 0.0675. The van der Waals surface area contributed by atoms with Crippen LogP contribution in [0.4, 0.5) is 5.69 Å². The standard InChI is InChI=1S/C29H27ClN2O3S/c1-23-12-16-27(17-13-23)32(36(34,35)28-18-14-26(30)15-19-28)22-29(33)31(20-24-8-4-2-5-9-24)21-25-10-6-3-7-11-25/h2-19H,20-22H2,1H3. The molecular weight excluding hydrogens is 492 g/mol. The lowest BCUT2D eigenvalue weighted by Crippen LogP contribution is -2.42. The number of hydrogen-bond donors (Lipinski definition) is 0. The van der Waals surface area contributed by atoms with E-state index < -0.39 is 10.0 Å². The van der Waals surface area contributed by atoms with Gasteiger partial charge in [-0.15, -0.1) is 0 Å². The molecule has 0 saturated carbocycles. The van der Waals surface area contributed by atoms with Crippen molar-refractivity contribution in [1.29, 1.82) is 0 Å². The normalized spacial score (nSPS) is 11.2. The predicted molar refractivity (Wildman–Crippen MR) is 144 cm³/mol. The van der Waals surface area contributed by atoms with Gasteiger partial charge in [-0.1, -0.05) is 90.0 Å². The number of anilines is 1. The van der Waals surface area contributed by atoms with E-state index in [2.05, 4.69) is 0 Å². The van der Waals surface area contributed by atoms with Gasteiger partial charge < -0.3 is 4.90 Å². The van der Waals surface area contributed by atoms with E-state index >= 15 is 0 Å². The van der Waals surface area contributed by atoms with Gasteiger partial charge in [-0.05, 0) is 54.4 Å². The van der Waals surface area contributed by atoms with Gasteiger partial charge in [0.2, 0.25) is 5.91 Å². The highest BCUT2D eigenvalue weighted by Crippen LogP contribution is 2.26. The quantitative estimate of drug-likeness (QED) is 0.270. The Labute approximate surface area is 217 Å². The number of hydrogen-bond acceptors (Lipinski definition) is 3. The van der Waals surface area contributed by atoms with Gasteiger partial charge in [-0.2, -0.15) is 0 Å². The van der Waals surface area contributed by atoms with Crippen molar-refractivity contribution >= 4 is 33.2 Å². The number of sulfonamides is 1. The van der Waals surface area contributed by atoms with E-state index in [1.54, 1.807) is 17.0 Å². The molecule has 0 aromatic heterocycles. The maximum absolute atomic E-state index is 13.7. The molecule has 184 valence electrons. The van der Waals surface area contributed by atoms with Gasteiger partial charge in [0.25, 0.3) is 10.0 Å². The van der Waals surface area contributed by atoms with E-state index in [-0.39, 0.29) is 17.3 Å². The second-order valence-corrected chi connectivity index (χ2v) is 10.8. The maximum Gasteiger partial charge on any atom is 0.264 e. The lowest BCUT2D eigenvalue weighted by Gasteiger charge is -2.29. The first kappa shape index (κ1) is 25.5. The fraction of sp³-hybridized carbons (Fsp3) is 0.138. The van der Waals surface area contributed by atoms with Crippen LogP contribution in [0.2, 0.25) is 5.02 Å². The number of benzene rings is 4. The lowest BCUT2D eigenvalue weighted by molar-refractivity contribution is -0.130. The number of aryl methyl sites for hydroxylation is 1. The summed E-state index contributed by atoms with van der Waals surface area (Å²) in [5, 5.41) is 0.434. The Balaban J connectivity index is 1.69. The van der Waals surface area contributed by atoms with Crippen molar-refractivity contribution in [2.75, 3.05) is 10.8 Å². The van der Waals surface area contributed by atoms with Crippen LogP contribution in [-0.2, 0) is 27.9 Å². The van der Waals surface area contributed by atoms with Crippen LogP contribution in [0.25, 0.3) is 0 Å². The van der Waals surface area contributed by atoms with E-state index in [1.165, 1.54) is 28.6 Å². The fourth-order valence-electron chi connectivity index (χ4n) is 3.82. The number of carbonyl (C=O) groups excluding carboxylic acids is 1. The molecule has 7 heteroatoms. The molecule has 5 nitrogen and oxygen atoms in total. The molecule has 4 rings (SSSR count). The summed E-state index contributed by atoms with van der Waals surface area (Å²) >= 11 is 5.99. The Hall–Kier alpha value is -3.61. The minimum Gasteiger partial charge on any atom is -0.332 e. The second kappa shape index (κ2) is 11.4. The van der Waals surface area contributed by atoms with Crippen LogP contribution in [-0.4, -0.2) is 25.8 Å². The number of rotatable bonds is 9. The average molecular weight is 519 g/mol. The van der Waals surface area contributed by atoms with Crippen LogP contribution in [0.1, 0.15) is 16.7 Å². The first-order valence-electron chi connectivity index (χ1n) is 11.5. The number of nitrogens with zero attached hydrogens (tertiary/aromatic N) is 2. The van der Waals surface area contributed by atoms with Crippen molar-refractivity contribution in [2.24, 2.45) is 0 Å². The van der Waals surface area contributed by atoms with Crippen LogP contribution in [0.5, 0.6) is 0 Å². The molecule has 1 amide bonds. The maximum atomic E-state index is 13.7. The van der Waals surface area contributed by atoms with Crippen LogP contribution in [0.15, 0.2) is 114 Å². The third-order valence-electron chi connectivity index (χ3n) is 5.79. The molecule has 0 heterocycles. The van der Waals surface area contributed by atoms with E-state index in [4.69, 9.17) is 11.6 Å². The molecule has 0 spiro atoms. The SMILES string of the molecule is Cc1ccc(N(CC(=O)N(Cc2ccccc2)Cc2ccccc2)S(=O)(=O)c2ccc(Cl)cc2)cc1. The number of carbonyl (C=O) groups is 1. The summed E-state index contributed by atoms with van der Waals surface area (Å²) in [5.41, 5.74) is 3.33. The van der Waals surface area contributed by atoms with E-state index in [1.807, 2.05) is 79.7 Å². The van der Waals surface area contributed by atoms with Crippen molar-refractivity contribution in [1.82, 2.24) is 4.90 Å². The van der Waals surface area contributed by atoms with Crippen LogP contribution in [0.3, 0.4) is 0 Å². The average Bonchev–Trinajstić information content (AvgIpc) is 2.89. The van der Waals surface area contributed by atoms with Crippen molar-refractivity contribution < 1.29 is 13.2 Å². The molecule has 0 bridgehead atoms. The topological polar surface area (TPSA) is 57.7 Å². The molecule has 0 aliphatic heterocycles. The summed E-state index contributed by atoms with van der Waals surface area (Å²) < 4.78 is 28.6. The summed E-state index contributed by atoms with van der Waals surface area (Å²) in [4.78, 5) is 15.5. The van der Waals surface area contributed by atoms with Crippen molar-refractivity contribution in [3.63, 3.8) is 0 Å². The molecule has 36 heavy (non-hydrogen) atoms.